The van der Waals surface area contributed by atoms with Crippen molar-refractivity contribution in [3.8, 4) is 11.5 Å². The maximum atomic E-state index is 14.0. The van der Waals surface area contributed by atoms with Crippen LogP contribution in [-0.2, 0) is 5.54 Å². The van der Waals surface area contributed by atoms with Gasteiger partial charge in [-0.2, -0.15) is 4.98 Å². The molecule has 0 amide bonds. The van der Waals surface area contributed by atoms with Gasteiger partial charge >= 0.3 is 0 Å². The topological polar surface area (TPSA) is 64.9 Å². The molecule has 1 heterocycles. The van der Waals surface area contributed by atoms with Crippen molar-refractivity contribution in [3.63, 3.8) is 0 Å². The van der Waals surface area contributed by atoms with Crippen LogP contribution in [0, 0.1) is 12.7 Å². The number of nitrogens with two attached hydrogens (primary N) is 1. The molecule has 4 nitrogen and oxygen atoms in total. The lowest BCUT2D eigenvalue weighted by Gasteiger charge is -2.17. The van der Waals surface area contributed by atoms with Gasteiger partial charge in [-0.3, -0.25) is 0 Å². The number of hydrogen-bond acceptors (Lipinski definition) is 4. The summed E-state index contributed by atoms with van der Waals surface area (Å²) in [4.78, 5) is 4.29. The van der Waals surface area contributed by atoms with Crippen LogP contribution in [0.15, 0.2) is 22.7 Å². The normalized spacial score (nSPS) is 16.9. The summed E-state index contributed by atoms with van der Waals surface area (Å²) < 4.78 is 19.2. The molecule has 0 radical (unpaired) electrons. The molecule has 0 saturated heterocycles. The van der Waals surface area contributed by atoms with E-state index < -0.39 is 5.54 Å². The van der Waals surface area contributed by atoms with Crippen LogP contribution in [0.4, 0.5) is 4.39 Å². The lowest BCUT2D eigenvalue weighted by atomic mass is 9.98. The van der Waals surface area contributed by atoms with Gasteiger partial charge in [0, 0.05) is 0 Å². The number of aromatic nitrogens is 2. The SMILES string of the molecule is Cc1cccc(-c2nc(C3(N)CCCC3)no2)c1F.Cl. The minimum atomic E-state index is -0.512. The molecule has 0 atom stereocenters. The summed E-state index contributed by atoms with van der Waals surface area (Å²) >= 11 is 0. The molecule has 0 unspecified atom stereocenters. The van der Waals surface area contributed by atoms with E-state index in [1.807, 2.05) is 0 Å². The van der Waals surface area contributed by atoms with Crippen LogP contribution in [0.1, 0.15) is 37.1 Å². The van der Waals surface area contributed by atoms with Gasteiger partial charge in [0.15, 0.2) is 5.82 Å². The standard InChI is InChI=1S/C14H16FN3O.ClH/c1-9-5-4-6-10(11(9)15)12-17-13(18-19-12)14(16)7-2-3-8-14;/h4-6H,2-3,7-8,16H2,1H3;1H. The maximum absolute atomic E-state index is 14.0. The number of nitrogens with zero attached hydrogens (tertiary/aromatic N) is 2. The van der Waals surface area contributed by atoms with Crippen LogP contribution in [-0.4, -0.2) is 10.1 Å². The molecule has 0 spiro atoms. The first kappa shape index (κ1) is 14.9. The predicted molar refractivity (Wildman–Crippen MR) is 76.0 cm³/mol. The van der Waals surface area contributed by atoms with Crippen molar-refractivity contribution in [1.82, 2.24) is 10.1 Å². The van der Waals surface area contributed by atoms with Crippen LogP contribution in [0.5, 0.6) is 0 Å². The highest BCUT2D eigenvalue weighted by atomic mass is 35.5. The van der Waals surface area contributed by atoms with Crippen molar-refractivity contribution >= 4 is 12.4 Å². The fourth-order valence-corrected chi connectivity index (χ4v) is 2.58. The molecule has 3 rings (SSSR count). The van der Waals surface area contributed by atoms with Crippen LogP contribution in [0.3, 0.4) is 0 Å². The van der Waals surface area contributed by atoms with Gasteiger partial charge in [0.1, 0.15) is 5.82 Å². The summed E-state index contributed by atoms with van der Waals surface area (Å²) in [5.41, 5.74) is 6.64. The second-order valence-corrected chi connectivity index (χ2v) is 5.22. The molecule has 108 valence electrons. The van der Waals surface area contributed by atoms with Gasteiger partial charge in [-0.1, -0.05) is 30.1 Å². The molecule has 2 aromatic rings. The summed E-state index contributed by atoms with van der Waals surface area (Å²) in [5, 5.41) is 3.94. The third-order valence-corrected chi connectivity index (χ3v) is 3.79. The Labute approximate surface area is 123 Å². The summed E-state index contributed by atoms with van der Waals surface area (Å²) in [5.74, 6) is 0.365. The smallest absolute Gasteiger partial charge is 0.260 e. The molecular formula is C14H17ClFN3O. The van der Waals surface area contributed by atoms with Gasteiger partial charge in [0.2, 0.25) is 0 Å². The Hall–Kier alpha value is -1.46. The largest absolute Gasteiger partial charge is 0.334 e. The third-order valence-electron chi connectivity index (χ3n) is 3.79. The molecule has 1 saturated carbocycles. The maximum Gasteiger partial charge on any atom is 0.260 e. The van der Waals surface area contributed by atoms with Crippen molar-refractivity contribution in [1.29, 1.82) is 0 Å². The Kier molecular flexibility index (Phi) is 4.11. The van der Waals surface area contributed by atoms with E-state index in [1.54, 1.807) is 25.1 Å². The van der Waals surface area contributed by atoms with Crippen molar-refractivity contribution in [2.45, 2.75) is 38.1 Å². The summed E-state index contributed by atoms with van der Waals surface area (Å²) in [6.07, 6.45) is 3.84. The van der Waals surface area contributed by atoms with E-state index in [0.717, 1.165) is 25.7 Å². The molecule has 1 aliphatic carbocycles. The van der Waals surface area contributed by atoms with E-state index in [2.05, 4.69) is 10.1 Å². The van der Waals surface area contributed by atoms with Crippen molar-refractivity contribution in [2.24, 2.45) is 5.73 Å². The Bertz CT molecular complexity index is 608. The molecule has 1 aliphatic rings. The van der Waals surface area contributed by atoms with Crippen LogP contribution in [0.2, 0.25) is 0 Å². The number of benzene rings is 1. The first-order chi connectivity index (χ1) is 9.10. The second-order valence-electron chi connectivity index (χ2n) is 5.22. The number of hydrogen-bond donors (Lipinski definition) is 1. The van der Waals surface area contributed by atoms with Crippen LogP contribution >= 0.6 is 12.4 Å². The lowest BCUT2D eigenvalue weighted by molar-refractivity contribution is 0.372. The molecule has 1 aromatic heterocycles. The first-order valence-electron chi connectivity index (χ1n) is 6.49. The molecular weight excluding hydrogens is 281 g/mol. The predicted octanol–water partition coefficient (Wildman–Crippen LogP) is 3.33. The van der Waals surface area contributed by atoms with Crippen LogP contribution < -0.4 is 5.73 Å². The molecule has 6 heteroatoms. The average Bonchev–Trinajstić information content (AvgIpc) is 3.02. The van der Waals surface area contributed by atoms with Crippen LogP contribution in [0.25, 0.3) is 11.5 Å². The Morgan fingerprint density at radius 3 is 2.70 bits per heavy atom. The minimum Gasteiger partial charge on any atom is -0.334 e. The Balaban J connectivity index is 0.00000147. The average molecular weight is 298 g/mol. The van der Waals surface area contributed by atoms with E-state index in [9.17, 15) is 4.39 Å². The summed E-state index contributed by atoms with van der Waals surface area (Å²) in [6, 6.07) is 5.11. The second kappa shape index (κ2) is 5.50. The van der Waals surface area contributed by atoms with Gasteiger partial charge in [0.05, 0.1) is 11.1 Å². The molecule has 20 heavy (non-hydrogen) atoms. The molecule has 0 aliphatic heterocycles. The van der Waals surface area contributed by atoms with Gasteiger partial charge in [-0.25, -0.2) is 4.39 Å². The number of aryl methyl sites for hydroxylation is 1. The fraction of sp³-hybridized carbons (Fsp3) is 0.429. The monoisotopic (exact) mass is 297 g/mol. The zero-order chi connectivity index (χ0) is 13.5. The van der Waals surface area contributed by atoms with Crippen molar-refractivity contribution in [3.05, 3.63) is 35.4 Å². The van der Waals surface area contributed by atoms with E-state index >= 15 is 0 Å². The van der Waals surface area contributed by atoms with Crippen molar-refractivity contribution in [2.75, 3.05) is 0 Å². The van der Waals surface area contributed by atoms with E-state index in [1.165, 1.54) is 0 Å². The lowest BCUT2D eigenvalue weighted by Crippen LogP contribution is -2.34. The van der Waals surface area contributed by atoms with E-state index in [-0.39, 0.29) is 24.1 Å². The minimum absolute atomic E-state index is 0. The first-order valence-corrected chi connectivity index (χ1v) is 6.49. The highest BCUT2D eigenvalue weighted by Crippen LogP contribution is 2.35. The highest BCUT2D eigenvalue weighted by Gasteiger charge is 2.36. The summed E-state index contributed by atoms with van der Waals surface area (Å²) in [6.45, 7) is 1.71. The Morgan fingerprint density at radius 2 is 2.00 bits per heavy atom. The molecule has 1 aromatic carbocycles. The van der Waals surface area contributed by atoms with Crippen molar-refractivity contribution < 1.29 is 8.91 Å². The molecule has 1 fully saturated rings. The van der Waals surface area contributed by atoms with Gasteiger partial charge < -0.3 is 10.3 Å². The number of halogens is 2. The highest BCUT2D eigenvalue weighted by molar-refractivity contribution is 5.85. The van der Waals surface area contributed by atoms with Gasteiger partial charge in [0.25, 0.3) is 5.89 Å². The number of rotatable bonds is 2. The third kappa shape index (κ3) is 2.43. The molecule has 2 N–H and O–H groups in total. The van der Waals surface area contributed by atoms with Gasteiger partial charge in [-0.15, -0.1) is 12.4 Å². The quantitative estimate of drug-likeness (QED) is 0.923. The van der Waals surface area contributed by atoms with E-state index in [0.29, 0.717) is 17.0 Å². The zero-order valence-electron chi connectivity index (χ0n) is 11.2. The Morgan fingerprint density at radius 1 is 1.30 bits per heavy atom. The fourth-order valence-electron chi connectivity index (χ4n) is 2.58. The zero-order valence-corrected chi connectivity index (χ0v) is 12.0. The van der Waals surface area contributed by atoms with Gasteiger partial charge in [-0.05, 0) is 31.4 Å². The van der Waals surface area contributed by atoms with E-state index in [4.69, 9.17) is 10.3 Å². The molecule has 0 bridgehead atoms. The summed E-state index contributed by atoms with van der Waals surface area (Å²) in [7, 11) is 0.